The average Bonchev–Trinajstić information content (AvgIpc) is 2.47. The predicted octanol–water partition coefficient (Wildman–Crippen LogP) is 3.77. The van der Waals surface area contributed by atoms with Gasteiger partial charge in [-0.15, -0.1) is 0 Å². The number of methoxy groups -OCH3 is 1. The van der Waals surface area contributed by atoms with Gasteiger partial charge in [0.05, 0.1) is 7.11 Å². The third-order valence-corrected chi connectivity index (χ3v) is 3.53. The Balaban J connectivity index is 1.84. The molecule has 3 nitrogen and oxygen atoms in total. The average molecular weight is 259 g/mol. The zero-order chi connectivity index (χ0) is 13.5. The molecule has 0 atom stereocenters. The first kappa shape index (κ1) is 13.7. The molecule has 1 amide bonds. The quantitative estimate of drug-likeness (QED) is 0.836. The van der Waals surface area contributed by atoms with Crippen LogP contribution in [0.1, 0.15) is 32.1 Å². The summed E-state index contributed by atoms with van der Waals surface area (Å²) < 4.78 is 5.07. The number of anilines is 1. The summed E-state index contributed by atoms with van der Waals surface area (Å²) in [5.41, 5.74) is 0.791. The van der Waals surface area contributed by atoms with Gasteiger partial charge in [-0.1, -0.05) is 25.3 Å². The van der Waals surface area contributed by atoms with Crippen molar-refractivity contribution in [1.82, 2.24) is 0 Å². The molecule has 0 spiro atoms. The summed E-state index contributed by atoms with van der Waals surface area (Å²) in [6.07, 6.45) is 10.1. The van der Waals surface area contributed by atoms with E-state index in [1.807, 2.05) is 24.3 Å². The molecule has 1 N–H and O–H groups in total. The molecule has 0 aromatic heterocycles. The van der Waals surface area contributed by atoms with Crippen LogP contribution in [0.2, 0.25) is 0 Å². The van der Waals surface area contributed by atoms with Crippen molar-refractivity contribution < 1.29 is 9.53 Å². The van der Waals surface area contributed by atoms with E-state index in [1.54, 1.807) is 13.2 Å². The van der Waals surface area contributed by atoms with Gasteiger partial charge in [-0.05, 0) is 49.1 Å². The minimum Gasteiger partial charge on any atom is -0.497 e. The monoisotopic (exact) mass is 259 g/mol. The van der Waals surface area contributed by atoms with Gasteiger partial charge >= 0.3 is 0 Å². The lowest BCUT2D eigenvalue weighted by atomic mass is 9.89. The molecule has 3 heteroatoms. The molecule has 1 aromatic carbocycles. The van der Waals surface area contributed by atoms with Crippen LogP contribution in [0.15, 0.2) is 36.4 Å². The van der Waals surface area contributed by atoms with Crippen molar-refractivity contribution >= 4 is 11.6 Å². The van der Waals surface area contributed by atoms with Gasteiger partial charge in [-0.3, -0.25) is 4.79 Å². The van der Waals surface area contributed by atoms with Crippen molar-refractivity contribution in [3.05, 3.63) is 36.4 Å². The molecule has 19 heavy (non-hydrogen) atoms. The lowest BCUT2D eigenvalue weighted by Crippen LogP contribution is -2.09. The maximum absolute atomic E-state index is 11.8. The molecule has 1 fully saturated rings. The van der Waals surface area contributed by atoms with E-state index >= 15 is 0 Å². The fraction of sp³-hybridized carbons (Fsp3) is 0.438. The van der Waals surface area contributed by atoms with Crippen LogP contribution in [-0.4, -0.2) is 13.0 Å². The van der Waals surface area contributed by atoms with E-state index < -0.39 is 0 Å². The number of amides is 1. The van der Waals surface area contributed by atoms with E-state index in [-0.39, 0.29) is 5.91 Å². The van der Waals surface area contributed by atoms with Crippen LogP contribution in [0, 0.1) is 5.92 Å². The molecule has 1 saturated carbocycles. The molecule has 1 aliphatic carbocycles. The standard InChI is InChI=1S/C16H21NO2/c1-19-15-10-8-14(9-11-15)17-16(18)12-7-13-5-3-2-4-6-13/h7-13H,2-6H2,1H3,(H,17,18)/b12-7+. The summed E-state index contributed by atoms with van der Waals surface area (Å²) in [7, 11) is 1.63. The van der Waals surface area contributed by atoms with Gasteiger partial charge in [0.15, 0.2) is 0 Å². The summed E-state index contributed by atoms with van der Waals surface area (Å²) in [4.78, 5) is 11.8. The zero-order valence-corrected chi connectivity index (χ0v) is 11.4. The molecular formula is C16H21NO2. The van der Waals surface area contributed by atoms with Crippen LogP contribution in [0.3, 0.4) is 0 Å². The molecule has 1 aliphatic rings. The number of allylic oxidation sites excluding steroid dienone is 1. The normalized spacial score (nSPS) is 16.5. The minimum absolute atomic E-state index is 0.0595. The third-order valence-electron chi connectivity index (χ3n) is 3.53. The number of carbonyl (C=O) groups is 1. The molecule has 0 unspecified atom stereocenters. The number of hydrogen-bond acceptors (Lipinski definition) is 2. The fourth-order valence-electron chi connectivity index (χ4n) is 2.41. The van der Waals surface area contributed by atoms with E-state index in [2.05, 4.69) is 11.4 Å². The zero-order valence-electron chi connectivity index (χ0n) is 11.4. The summed E-state index contributed by atoms with van der Waals surface area (Å²) in [5.74, 6) is 1.31. The second kappa shape index (κ2) is 6.98. The molecule has 2 rings (SSSR count). The second-order valence-electron chi connectivity index (χ2n) is 4.97. The summed E-state index contributed by atoms with van der Waals surface area (Å²) in [5, 5.41) is 2.85. The van der Waals surface area contributed by atoms with Crippen molar-refractivity contribution in [3.63, 3.8) is 0 Å². The fourth-order valence-corrected chi connectivity index (χ4v) is 2.41. The molecule has 102 valence electrons. The third kappa shape index (κ3) is 4.43. The number of carbonyl (C=O) groups excluding carboxylic acids is 1. The van der Waals surface area contributed by atoms with E-state index in [0.29, 0.717) is 5.92 Å². The largest absolute Gasteiger partial charge is 0.497 e. The molecule has 0 aliphatic heterocycles. The van der Waals surface area contributed by atoms with E-state index in [1.165, 1.54) is 32.1 Å². The Bertz CT molecular complexity index is 431. The number of hydrogen-bond donors (Lipinski definition) is 1. The van der Waals surface area contributed by atoms with Crippen LogP contribution in [-0.2, 0) is 4.79 Å². The molecular weight excluding hydrogens is 238 g/mol. The van der Waals surface area contributed by atoms with Gasteiger partial charge in [-0.25, -0.2) is 0 Å². The molecule has 0 radical (unpaired) electrons. The highest BCUT2D eigenvalue weighted by molar-refractivity contribution is 5.99. The Kier molecular flexibility index (Phi) is 5.01. The van der Waals surface area contributed by atoms with Crippen LogP contribution in [0.5, 0.6) is 5.75 Å². The minimum atomic E-state index is -0.0595. The Labute approximate surface area is 114 Å². The molecule has 0 heterocycles. The van der Waals surface area contributed by atoms with Gasteiger partial charge < -0.3 is 10.1 Å². The summed E-state index contributed by atoms with van der Waals surface area (Å²) in [6, 6.07) is 7.34. The topological polar surface area (TPSA) is 38.3 Å². The van der Waals surface area contributed by atoms with Crippen molar-refractivity contribution in [2.24, 2.45) is 5.92 Å². The lowest BCUT2D eigenvalue weighted by molar-refractivity contribution is -0.111. The summed E-state index contributed by atoms with van der Waals surface area (Å²) in [6.45, 7) is 0. The van der Waals surface area contributed by atoms with Crippen molar-refractivity contribution in [1.29, 1.82) is 0 Å². The first-order valence-corrected chi connectivity index (χ1v) is 6.91. The first-order valence-electron chi connectivity index (χ1n) is 6.91. The van der Waals surface area contributed by atoms with Crippen LogP contribution >= 0.6 is 0 Å². The van der Waals surface area contributed by atoms with Gasteiger partial charge in [0.25, 0.3) is 0 Å². The molecule has 0 bridgehead atoms. The highest BCUT2D eigenvalue weighted by atomic mass is 16.5. The number of nitrogens with one attached hydrogen (secondary N) is 1. The van der Waals surface area contributed by atoms with Crippen LogP contribution < -0.4 is 10.1 Å². The maximum Gasteiger partial charge on any atom is 0.248 e. The maximum atomic E-state index is 11.8. The Hall–Kier alpha value is -1.77. The van der Waals surface area contributed by atoms with Crippen molar-refractivity contribution in [2.45, 2.75) is 32.1 Å². The highest BCUT2D eigenvalue weighted by Crippen LogP contribution is 2.24. The van der Waals surface area contributed by atoms with Gasteiger partial charge in [0.1, 0.15) is 5.75 Å². The number of ether oxygens (including phenoxy) is 1. The van der Waals surface area contributed by atoms with E-state index in [0.717, 1.165) is 11.4 Å². The molecule has 1 aromatic rings. The second-order valence-corrected chi connectivity index (χ2v) is 4.97. The Morgan fingerprint density at radius 1 is 1.21 bits per heavy atom. The molecule has 0 saturated heterocycles. The lowest BCUT2D eigenvalue weighted by Gasteiger charge is -2.17. The number of benzene rings is 1. The SMILES string of the molecule is COc1ccc(NC(=O)/C=C/C2CCCCC2)cc1. The highest BCUT2D eigenvalue weighted by Gasteiger charge is 2.10. The van der Waals surface area contributed by atoms with Gasteiger partial charge in [-0.2, -0.15) is 0 Å². The number of rotatable bonds is 4. The van der Waals surface area contributed by atoms with E-state index in [4.69, 9.17) is 4.74 Å². The van der Waals surface area contributed by atoms with Crippen LogP contribution in [0.4, 0.5) is 5.69 Å². The smallest absolute Gasteiger partial charge is 0.248 e. The van der Waals surface area contributed by atoms with Crippen molar-refractivity contribution in [2.75, 3.05) is 12.4 Å². The van der Waals surface area contributed by atoms with Gasteiger partial charge in [0.2, 0.25) is 5.91 Å². The van der Waals surface area contributed by atoms with E-state index in [9.17, 15) is 4.79 Å². The first-order chi connectivity index (χ1) is 9.28. The summed E-state index contributed by atoms with van der Waals surface area (Å²) >= 11 is 0. The Morgan fingerprint density at radius 2 is 1.89 bits per heavy atom. The van der Waals surface area contributed by atoms with Crippen LogP contribution in [0.25, 0.3) is 0 Å². The Morgan fingerprint density at radius 3 is 2.53 bits per heavy atom. The predicted molar refractivity (Wildman–Crippen MR) is 77.3 cm³/mol. The van der Waals surface area contributed by atoms with Crippen molar-refractivity contribution in [3.8, 4) is 5.75 Å². The van der Waals surface area contributed by atoms with Gasteiger partial charge in [0, 0.05) is 5.69 Å².